The first-order valence-corrected chi connectivity index (χ1v) is 7.94. The van der Waals surface area contributed by atoms with Gasteiger partial charge in [-0.1, -0.05) is 13.8 Å². The zero-order valence-corrected chi connectivity index (χ0v) is 14.6. The van der Waals surface area contributed by atoms with Crippen molar-refractivity contribution in [1.29, 1.82) is 0 Å². The van der Waals surface area contributed by atoms with Crippen molar-refractivity contribution in [3.63, 3.8) is 0 Å². The normalized spacial score (nSPS) is 19.8. The van der Waals surface area contributed by atoms with Crippen LogP contribution in [0, 0.1) is 17.8 Å². The molecule has 4 N–H and O–H groups in total. The maximum Gasteiger partial charge on any atom is 0.315 e. The van der Waals surface area contributed by atoms with Crippen LogP contribution in [-0.2, 0) is 11.2 Å². The number of furan rings is 1. The second kappa shape index (κ2) is 5.91. The van der Waals surface area contributed by atoms with Crippen molar-refractivity contribution in [1.82, 2.24) is 10.6 Å². The van der Waals surface area contributed by atoms with Gasteiger partial charge in [-0.25, -0.2) is 4.79 Å². The lowest BCUT2D eigenvalue weighted by Crippen LogP contribution is -2.47. The van der Waals surface area contributed by atoms with E-state index >= 15 is 0 Å². The van der Waals surface area contributed by atoms with Crippen molar-refractivity contribution in [3.8, 4) is 0 Å². The molecule has 0 bridgehead atoms. The highest BCUT2D eigenvalue weighted by Crippen LogP contribution is 2.41. The van der Waals surface area contributed by atoms with Gasteiger partial charge in [-0.2, -0.15) is 0 Å². The molecule has 6 heteroatoms. The molecule has 1 atom stereocenters. The first-order valence-electron chi connectivity index (χ1n) is 7.94. The highest BCUT2D eigenvalue weighted by Gasteiger charge is 2.36. The maximum absolute atomic E-state index is 12.2. The molecule has 0 aliphatic heterocycles. The average molecular weight is 321 g/mol. The van der Waals surface area contributed by atoms with E-state index in [2.05, 4.69) is 24.5 Å². The molecule has 0 radical (unpaired) electrons. The third kappa shape index (κ3) is 4.06. The number of urea groups is 1. The van der Waals surface area contributed by atoms with E-state index in [1.54, 1.807) is 13.8 Å². The molecule has 1 aromatic heterocycles. The molecule has 0 saturated carbocycles. The predicted octanol–water partition coefficient (Wildman–Crippen LogP) is 2.41. The fraction of sp³-hybridized carbons (Fsp3) is 0.647. The van der Waals surface area contributed by atoms with Crippen LogP contribution in [0.15, 0.2) is 10.5 Å². The summed E-state index contributed by atoms with van der Waals surface area (Å²) >= 11 is 0. The van der Waals surface area contributed by atoms with Crippen molar-refractivity contribution in [3.05, 3.63) is 23.2 Å². The minimum atomic E-state index is -0.777. The van der Waals surface area contributed by atoms with E-state index in [4.69, 9.17) is 10.2 Å². The summed E-state index contributed by atoms with van der Waals surface area (Å²) in [6.07, 6.45) is 1.70. The molecule has 1 aliphatic carbocycles. The maximum atomic E-state index is 12.2. The number of nitrogens with one attached hydrogen (secondary N) is 2. The molecule has 6 nitrogen and oxygen atoms in total. The topological polar surface area (TPSA) is 97.4 Å². The zero-order valence-electron chi connectivity index (χ0n) is 14.6. The van der Waals surface area contributed by atoms with E-state index in [9.17, 15) is 9.59 Å². The Morgan fingerprint density at radius 2 is 2.09 bits per heavy atom. The number of primary amides is 1. The summed E-state index contributed by atoms with van der Waals surface area (Å²) in [7, 11) is 0. The van der Waals surface area contributed by atoms with Crippen molar-refractivity contribution < 1.29 is 14.0 Å². The van der Waals surface area contributed by atoms with Crippen LogP contribution in [0.3, 0.4) is 0 Å². The van der Waals surface area contributed by atoms with E-state index in [0.717, 1.165) is 29.9 Å². The Hall–Kier alpha value is -1.98. The molecule has 1 unspecified atom stereocenters. The molecule has 0 spiro atoms. The van der Waals surface area contributed by atoms with Gasteiger partial charge in [0, 0.05) is 18.5 Å². The second-order valence-electron chi connectivity index (χ2n) is 7.91. The average Bonchev–Trinajstić information content (AvgIpc) is 2.75. The van der Waals surface area contributed by atoms with Gasteiger partial charge in [0.05, 0.1) is 11.5 Å². The van der Waals surface area contributed by atoms with Gasteiger partial charge >= 0.3 is 6.03 Å². The molecule has 3 amide bonds. The molecule has 0 fully saturated rings. The van der Waals surface area contributed by atoms with Gasteiger partial charge in [-0.3, -0.25) is 4.79 Å². The highest BCUT2D eigenvalue weighted by molar-refractivity contribution is 5.81. The summed E-state index contributed by atoms with van der Waals surface area (Å²) in [5.74, 6) is 1.36. The number of amides is 3. The second-order valence-corrected chi connectivity index (χ2v) is 7.91. The third-order valence-electron chi connectivity index (χ3n) is 4.40. The van der Waals surface area contributed by atoms with E-state index < -0.39 is 11.3 Å². The zero-order chi connectivity index (χ0) is 17.4. The fourth-order valence-electron chi connectivity index (χ4n) is 2.91. The largest absolute Gasteiger partial charge is 0.466 e. The number of fused-ring (bicyclic) bond motifs is 1. The van der Waals surface area contributed by atoms with Crippen LogP contribution in [0.4, 0.5) is 4.79 Å². The quantitative estimate of drug-likeness (QED) is 0.794. The number of nitrogens with two attached hydrogens (primary N) is 1. The third-order valence-corrected chi connectivity index (χ3v) is 4.40. The molecule has 0 aromatic carbocycles. The molecular formula is C17H27N3O3. The number of carbonyl (C=O) groups is 2. The van der Waals surface area contributed by atoms with E-state index in [0.29, 0.717) is 0 Å². The Bertz CT molecular complexity index is 617. The standard InChI is InChI=1S/C17H27N3O3/c1-10-6-11-12(7-16(2,3)8-13(11)23-10)20-15(22)19-9-17(4,5)14(18)21/h6,12H,7-9H2,1-5H3,(H2,18,21)(H2,19,20,22). The minimum Gasteiger partial charge on any atom is -0.466 e. The SMILES string of the molecule is Cc1cc2c(o1)CC(C)(C)CC2NC(=O)NCC(C)(C)C(N)=O. The highest BCUT2D eigenvalue weighted by atomic mass is 16.3. The van der Waals surface area contributed by atoms with Crippen LogP contribution >= 0.6 is 0 Å². The Morgan fingerprint density at radius 1 is 1.43 bits per heavy atom. The molecule has 1 aromatic rings. The monoisotopic (exact) mass is 321 g/mol. The Labute approximate surface area is 137 Å². The summed E-state index contributed by atoms with van der Waals surface area (Å²) in [5.41, 5.74) is 5.65. The van der Waals surface area contributed by atoms with E-state index in [-0.39, 0.29) is 24.0 Å². The molecule has 0 saturated heterocycles. The Kier molecular flexibility index (Phi) is 4.46. The van der Waals surface area contributed by atoms with Gasteiger partial charge in [-0.15, -0.1) is 0 Å². The first-order chi connectivity index (χ1) is 10.5. The van der Waals surface area contributed by atoms with Crippen LogP contribution in [0.1, 0.15) is 57.2 Å². The molecule has 128 valence electrons. The first kappa shape index (κ1) is 17.4. The number of carbonyl (C=O) groups excluding carboxylic acids is 2. The number of rotatable bonds is 4. The lowest BCUT2D eigenvalue weighted by Gasteiger charge is -2.34. The van der Waals surface area contributed by atoms with E-state index in [1.807, 2.05) is 13.0 Å². The molecule has 2 rings (SSSR count). The molecule has 23 heavy (non-hydrogen) atoms. The Morgan fingerprint density at radius 3 is 2.70 bits per heavy atom. The summed E-state index contributed by atoms with van der Waals surface area (Å²) < 4.78 is 5.77. The van der Waals surface area contributed by atoms with Crippen molar-refractivity contribution in [2.45, 2.75) is 53.5 Å². The lowest BCUT2D eigenvalue weighted by atomic mass is 9.75. The smallest absolute Gasteiger partial charge is 0.315 e. The van der Waals surface area contributed by atoms with Crippen molar-refractivity contribution in [2.24, 2.45) is 16.6 Å². The number of hydrogen-bond donors (Lipinski definition) is 3. The van der Waals surface area contributed by atoms with Crippen LogP contribution < -0.4 is 16.4 Å². The molecule has 1 aliphatic rings. The predicted molar refractivity (Wildman–Crippen MR) is 87.8 cm³/mol. The summed E-state index contributed by atoms with van der Waals surface area (Å²) in [6, 6.07) is 1.60. The summed E-state index contributed by atoms with van der Waals surface area (Å²) in [6.45, 7) is 9.85. The minimum absolute atomic E-state index is 0.0573. The van der Waals surface area contributed by atoms with E-state index in [1.165, 1.54) is 0 Å². The Balaban J connectivity index is 2.04. The van der Waals surface area contributed by atoms with Gasteiger partial charge in [0.15, 0.2) is 0 Å². The lowest BCUT2D eigenvalue weighted by molar-refractivity contribution is -0.125. The molecular weight excluding hydrogens is 294 g/mol. The van der Waals surface area contributed by atoms with Crippen LogP contribution in [0.2, 0.25) is 0 Å². The van der Waals surface area contributed by atoms with Gasteiger partial charge in [0.25, 0.3) is 0 Å². The summed E-state index contributed by atoms with van der Waals surface area (Å²) in [4.78, 5) is 23.5. The van der Waals surface area contributed by atoms with Gasteiger partial charge in [0.1, 0.15) is 11.5 Å². The van der Waals surface area contributed by atoms with Gasteiger partial charge in [0.2, 0.25) is 5.91 Å². The van der Waals surface area contributed by atoms with Crippen LogP contribution in [0.25, 0.3) is 0 Å². The summed E-state index contributed by atoms with van der Waals surface area (Å²) in [5, 5.41) is 5.73. The van der Waals surface area contributed by atoms with Crippen molar-refractivity contribution >= 4 is 11.9 Å². The van der Waals surface area contributed by atoms with Crippen LogP contribution in [-0.4, -0.2) is 18.5 Å². The van der Waals surface area contributed by atoms with Crippen molar-refractivity contribution in [2.75, 3.05) is 6.54 Å². The number of hydrogen-bond acceptors (Lipinski definition) is 3. The van der Waals surface area contributed by atoms with Crippen LogP contribution in [0.5, 0.6) is 0 Å². The fourth-order valence-corrected chi connectivity index (χ4v) is 2.91. The number of aryl methyl sites for hydroxylation is 1. The molecule has 1 heterocycles. The van der Waals surface area contributed by atoms with Gasteiger partial charge < -0.3 is 20.8 Å². The van der Waals surface area contributed by atoms with Gasteiger partial charge in [-0.05, 0) is 38.7 Å².